The quantitative estimate of drug-likeness (QED) is 0.836. The monoisotopic (exact) mass is 283 g/mol. The lowest BCUT2D eigenvalue weighted by molar-refractivity contribution is 0.0433. The molecule has 2 unspecified atom stereocenters. The van der Waals surface area contributed by atoms with Gasteiger partial charge in [0.15, 0.2) is 0 Å². The molecule has 2 aromatic carbocycles. The van der Waals surface area contributed by atoms with Crippen LogP contribution in [0.25, 0.3) is 0 Å². The molecule has 0 saturated heterocycles. The second-order valence-corrected chi connectivity index (χ2v) is 5.32. The molecule has 0 aliphatic rings. The number of aryl methyl sites for hydroxylation is 1. The van der Waals surface area contributed by atoms with Crippen molar-refractivity contribution in [2.24, 2.45) is 5.73 Å². The van der Waals surface area contributed by atoms with E-state index in [1.54, 1.807) is 0 Å². The first-order valence-electron chi connectivity index (χ1n) is 7.74. The van der Waals surface area contributed by atoms with E-state index >= 15 is 0 Å². The van der Waals surface area contributed by atoms with Crippen molar-refractivity contribution in [2.45, 2.75) is 38.8 Å². The van der Waals surface area contributed by atoms with Crippen LogP contribution in [-0.2, 0) is 17.6 Å². The zero-order valence-corrected chi connectivity index (χ0v) is 13.0. The first kappa shape index (κ1) is 15.7. The number of hydrogen-bond acceptors (Lipinski definition) is 2. The van der Waals surface area contributed by atoms with Crippen LogP contribution in [0.3, 0.4) is 0 Å². The highest BCUT2D eigenvalue weighted by Gasteiger charge is 2.20. The molecule has 0 aliphatic carbocycles. The van der Waals surface area contributed by atoms with Crippen molar-refractivity contribution in [3.05, 3.63) is 71.3 Å². The van der Waals surface area contributed by atoms with Gasteiger partial charge in [-0.2, -0.15) is 0 Å². The van der Waals surface area contributed by atoms with E-state index in [0.717, 1.165) is 18.4 Å². The smallest absolute Gasteiger partial charge is 0.0978 e. The fourth-order valence-electron chi connectivity index (χ4n) is 2.58. The van der Waals surface area contributed by atoms with Gasteiger partial charge >= 0.3 is 0 Å². The molecule has 0 saturated carbocycles. The van der Waals surface area contributed by atoms with E-state index in [4.69, 9.17) is 10.5 Å². The van der Waals surface area contributed by atoms with Crippen LogP contribution in [0, 0.1) is 0 Å². The van der Waals surface area contributed by atoms with Gasteiger partial charge in [-0.05, 0) is 36.5 Å². The minimum absolute atomic E-state index is 0.0418. The highest BCUT2D eigenvalue weighted by atomic mass is 16.5. The van der Waals surface area contributed by atoms with E-state index < -0.39 is 0 Å². The maximum Gasteiger partial charge on any atom is 0.0978 e. The summed E-state index contributed by atoms with van der Waals surface area (Å²) < 4.78 is 5.88. The second-order valence-electron chi connectivity index (χ2n) is 5.32. The van der Waals surface area contributed by atoms with Crippen molar-refractivity contribution < 1.29 is 4.74 Å². The number of hydrogen-bond donors (Lipinski definition) is 1. The third-order valence-corrected chi connectivity index (χ3v) is 3.77. The number of nitrogens with two attached hydrogens (primary N) is 1. The number of rotatable bonds is 7. The van der Waals surface area contributed by atoms with Crippen LogP contribution >= 0.6 is 0 Å². The van der Waals surface area contributed by atoms with Crippen LogP contribution in [0.15, 0.2) is 54.6 Å². The molecular weight excluding hydrogens is 258 g/mol. The molecule has 0 aromatic heterocycles. The van der Waals surface area contributed by atoms with Gasteiger partial charge in [0.05, 0.1) is 6.10 Å². The van der Waals surface area contributed by atoms with E-state index in [-0.39, 0.29) is 12.1 Å². The predicted molar refractivity (Wildman–Crippen MR) is 88.3 cm³/mol. The predicted octanol–water partition coefficient (Wildman–Crippen LogP) is 3.90. The number of ether oxygens (including phenoxy) is 1. The van der Waals surface area contributed by atoms with Crippen molar-refractivity contribution in [3.8, 4) is 0 Å². The maximum atomic E-state index is 6.41. The van der Waals surface area contributed by atoms with Gasteiger partial charge in [0.2, 0.25) is 0 Å². The summed E-state index contributed by atoms with van der Waals surface area (Å²) in [4.78, 5) is 0. The van der Waals surface area contributed by atoms with Crippen LogP contribution in [0.4, 0.5) is 0 Å². The molecule has 0 radical (unpaired) electrons. The lowest BCUT2D eigenvalue weighted by Crippen LogP contribution is -2.32. The third kappa shape index (κ3) is 4.42. The topological polar surface area (TPSA) is 35.2 Å². The zero-order chi connectivity index (χ0) is 15.1. The lowest BCUT2D eigenvalue weighted by atomic mass is 9.96. The molecular formula is C19H25NO. The van der Waals surface area contributed by atoms with E-state index in [1.165, 1.54) is 11.1 Å². The lowest BCUT2D eigenvalue weighted by Gasteiger charge is -2.24. The minimum atomic E-state index is -0.0537. The van der Waals surface area contributed by atoms with E-state index in [2.05, 4.69) is 43.3 Å². The van der Waals surface area contributed by atoms with Crippen molar-refractivity contribution in [3.63, 3.8) is 0 Å². The fourth-order valence-corrected chi connectivity index (χ4v) is 2.58. The summed E-state index contributed by atoms with van der Waals surface area (Å²) in [5.74, 6) is 0. The summed E-state index contributed by atoms with van der Waals surface area (Å²) in [5.41, 5.74) is 10.2. The Bertz CT molecular complexity index is 521. The summed E-state index contributed by atoms with van der Waals surface area (Å²) in [6.07, 6.45) is 1.84. The van der Waals surface area contributed by atoms with Crippen LogP contribution in [0.1, 0.15) is 36.6 Å². The molecule has 0 bridgehead atoms. The highest BCUT2D eigenvalue weighted by molar-refractivity contribution is 5.25. The highest BCUT2D eigenvalue weighted by Crippen LogP contribution is 2.22. The summed E-state index contributed by atoms with van der Waals surface area (Å²) >= 11 is 0. The fraction of sp³-hybridized carbons (Fsp3) is 0.368. The first-order chi connectivity index (χ1) is 10.2. The Balaban J connectivity index is 2.09. The normalized spacial score (nSPS) is 13.9. The Labute approximate surface area is 127 Å². The van der Waals surface area contributed by atoms with E-state index in [9.17, 15) is 0 Å². The van der Waals surface area contributed by atoms with Gasteiger partial charge < -0.3 is 10.5 Å². The van der Waals surface area contributed by atoms with Gasteiger partial charge in [0.1, 0.15) is 0 Å². The average Bonchev–Trinajstić information content (AvgIpc) is 2.54. The molecule has 2 heteroatoms. The molecule has 0 heterocycles. The van der Waals surface area contributed by atoms with Gasteiger partial charge in [-0.15, -0.1) is 0 Å². The molecule has 112 valence electrons. The molecule has 2 N–H and O–H groups in total. The molecule has 2 nitrogen and oxygen atoms in total. The summed E-state index contributed by atoms with van der Waals surface area (Å²) in [6, 6.07) is 18.9. The first-order valence-corrected chi connectivity index (χ1v) is 7.74. The third-order valence-electron chi connectivity index (χ3n) is 3.77. The van der Waals surface area contributed by atoms with Gasteiger partial charge in [0, 0.05) is 12.6 Å². The van der Waals surface area contributed by atoms with Crippen LogP contribution in [0.5, 0.6) is 0 Å². The molecule has 2 aromatic rings. The Kier molecular flexibility index (Phi) is 5.97. The van der Waals surface area contributed by atoms with Crippen molar-refractivity contribution in [1.29, 1.82) is 0 Å². The van der Waals surface area contributed by atoms with Gasteiger partial charge in [-0.1, -0.05) is 61.5 Å². The average molecular weight is 283 g/mol. The SMILES string of the molecule is CCOC(c1ccccc1)C(N)Cc1ccc(CC)cc1. The van der Waals surface area contributed by atoms with Gasteiger partial charge in [-0.3, -0.25) is 0 Å². The second kappa shape index (κ2) is 7.96. The van der Waals surface area contributed by atoms with Crippen LogP contribution in [0.2, 0.25) is 0 Å². The molecule has 2 rings (SSSR count). The van der Waals surface area contributed by atoms with Crippen LogP contribution in [-0.4, -0.2) is 12.6 Å². The number of benzene rings is 2. The van der Waals surface area contributed by atoms with Crippen molar-refractivity contribution in [2.75, 3.05) is 6.61 Å². The summed E-state index contributed by atoms with van der Waals surface area (Å²) in [6.45, 7) is 4.85. The summed E-state index contributed by atoms with van der Waals surface area (Å²) in [5, 5.41) is 0. The van der Waals surface area contributed by atoms with Crippen molar-refractivity contribution >= 4 is 0 Å². The maximum absolute atomic E-state index is 6.41. The zero-order valence-electron chi connectivity index (χ0n) is 13.0. The van der Waals surface area contributed by atoms with E-state index in [0.29, 0.717) is 6.61 Å². The molecule has 0 spiro atoms. The van der Waals surface area contributed by atoms with Crippen molar-refractivity contribution in [1.82, 2.24) is 0 Å². The Morgan fingerprint density at radius 1 is 0.905 bits per heavy atom. The molecule has 21 heavy (non-hydrogen) atoms. The molecule has 0 fully saturated rings. The Hall–Kier alpha value is -1.64. The Morgan fingerprint density at radius 2 is 1.52 bits per heavy atom. The minimum Gasteiger partial charge on any atom is -0.372 e. The van der Waals surface area contributed by atoms with Gasteiger partial charge in [0.25, 0.3) is 0 Å². The molecule has 0 aliphatic heterocycles. The van der Waals surface area contributed by atoms with Gasteiger partial charge in [-0.25, -0.2) is 0 Å². The van der Waals surface area contributed by atoms with E-state index in [1.807, 2.05) is 25.1 Å². The Morgan fingerprint density at radius 3 is 2.10 bits per heavy atom. The largest absolute Gasteiger partial charge is 0.372 e. The standard InChI is InChI=1S/C19H25NO/c1-3-15-10-12-16(13-11-15)14-18(20)19(21-4-2)17-8-6-5-7-9-17/h5-13,18-19H,3-4,14,20H2,1-2H3. The van der Waals surface area contributed by atoms with Crippen LogP contribution < -0.4 is 5.73 Å². The molecule has 2 atom stereocenters. The summed E-state index contributed by atoms with van der Waals surface area (Å²) in [7, 11) is 0. The molecule has 0 amide bonds.